The third kappa shape index (κ3) is 3.14. The lowest BCUT2D eigenvalue weighted by Gasteiger charge is -2.07. The SMILES string of the molecule is CC(C)n1ncc2cc(NCc3cc(Br)c(Br)s3)cnc21. The molecule has 0 aromatic carbocycles. The summed E-state index contributed by atoms with van der Waals surface area (Å²) in [4.78, 5) is 5.78. The molecular weight excluding hydrogens is 416 g/mol. The largest absolute Gasteiger partial charge is 0.379 e. The van der Waals surface area contributed by atoms with Crippen molar-refractivity contribution < 1.29 is 0 Å². The summed E-state index contributed by atoms with van der Waals surface area (Å²) in [7, 11) is 0. The molecule has 0 atom stereocenters. The van der Waals surface area contributed by atoms with Crippen molar-refractivity contribution in [2.24, 2.45) is 0 Å². The molecule has 0 aliphatic carbocycles. The molecule has 0 aliphatic rings. The summed E-state index contributed by atoms with van der Waals surface area (Å²) in [6.07, 6.45) is 3.73. The summed E-state index contributed by atoms with van der Waals surface area (Å²) in [6.45, 7) is 4.99. The van der Waals surface area contributed by atoms with E-state index >= 15 is 0 Å². The summed E-state index contributed by atoms with van der Waals surface area (Å²) in [6, 6.07) is 4.52. The minimum absolute atomic E-state index is 0.314. The summed E-state index contributed by atoms with van der Waals surface area (Å²) in [5.74, 6) is 0. The zero-order valence-electron chi connectivity index (χ0n) is 11.6. The molecule has 3 aromatic heterocycles. The second-order valence-corrected chi connectivity index (χ2v) is 8.32. The lowest BCUT2D eigenvalue weighted by molar-refractivity contribution is 0.546. The van der Waals surface area contributed by atoms with Crippen molar-refractivity contribution in [2.75, 3.05) is 5.32 Å². The maximum atomic E-state index is 4.52. The average molecular weight is 430 g/mol. The summed E-state index contributed by atoms with van der Waals surface area (Å²) in [5.41, 5.74) is 1.93. The Labute approximate surface area is 143 Å². The lowest BCUT2D eigenvalue weighted by Crippen LogP contribution is -2.03. The Hall–Kier alpha value is -0.920. The Morgan fingerprint density at radius 3 is 2.76 bits per heavy atom. The van der Waals surface area contributed by atoms with Crippen molar-refractivity contribution in [1.82, 2.24) is 14.8 Å². The monoisotopic (exact) mass is 428 g/mol. The van der Waals surface area contributed by atoms with Gasteiger partial charge >= 0.3 is 0 Å². The smallest absolute Gasteiger partial charge is 0.158 e. The molecule has 4 nitrogen and oxygen atoms in total. The number of nitrogens with zero attached hydrogens (tertiary/aromatic N) is 3. The van der Waals surface area contributed by atoms with Crippen molar-refractivity contribution in [2.45, 2.75) is 26.4 Å². The van der Waals surface area contributed by atoms with E-state index in [0.717, 1.165) is 31.5 Å². The predicted molar refractivity (Wildman–Crippen MR) is 95.0 cm³/mol. The first kappa shape index (κ1) is 15.0. The highest BCUT2D eigenvalue weighted by Gasteiger charge is 2.08. The molecule has 3 aromatic rings. The van der Waals surface area contributed by atoms with Gasteiger partial charge in [-0.3, -0.25) is 0 Å². The van der Waals surface area contributed by atoms with Gasteiger partial charge < -0.3 is 5.32 Å². The van der Waals surface area contributed by atoms with Crippen molar-refractivity contribution >= 4 is 59.9 Å². The molecule has 0 amide bonds. The number of pyridine rings is 1. The molecule has 110 valence electrons. The third-order valence-electron chi connectivity index (χ3n) is 3.09. The topological polar surface area (TPSA) is 42.7 Å². The molecule has 21 heavy (non-hydrogen) atoms. The zero-order valence-corrected chi connectivity index (χ0v) is 15.6. The molecule has 3 rings (SSSR count). The number of hydrogen-bond acceptors (Lipinski definition) is 4. The van der Waals surface area contributed by atoms with Crippen molar-refractivity contribution in [3.05, 3.63) is 37.7 Å². The fraction of sp³-hybridized carbons (Fsp3) is 0.286. The molecule has 7 heteroatoms. The van der Waals surface area contributed by atoms with Gasteiger partial charge in [0.15, 0.2) is 5.65 Å². The van der Waals surface area contributed by atoms with Crippen molar-refractivity contribution in [3.8, 4) is 0 Å². The quantitative estimate of drug-likeness (QED) is 0.618. The van der Waals surface area contributed by atoms with Gasteiger partial charge in [0.05, 0.1) is 21.9 Å². The summed E-state index contributed by atoms with van der Waals surface area (Å²) in [5, 5.41) is 8.84. The first-order chi connectivity index (χ1) is 10.0. The van der Waals surface area contributed by atoms with E-state index in [1.54, 1.807) is 11.3 Å². The molecule has 0 radical (unpaired) electrons. The third-order valence-corrected chi connectivity index (χ3v) is 6.34. The van der Waals surface area contributed by atoms with Crippen LogP contribution in [0, 0.1) is 0 Å². The van der Waals surface area contributed by atoms with Gasteiger partial charge in [0.25, 0.3) is 0 Å². The number of nitrogens with one attached hydrogen (secondary N) is 1. The summed E-state index contributed by atoms with van der Waals surface area (Å²) >= 11 is 8.73. The Kier molecular flexibility index (Phi) is 4.33. The highest BCUT2D eigenvalue weighted by molar-refractivity contribution is 9.13. The van der Waals surface area contributed by atoms with E-state index in [0.29, 0.717) is 6.04 Å². The Morgan fingerprint density at radius 2 is 2.10 bits per heavy atom. The van der Waals surface area contributed by atoms with E-state index in [2.05, 4.69) is 73.2 Å². The van der Waals surface area contributed by atoms with E-state index in [-0.39, 0.29) is 0 Å². The van der Waals surface area contributed by atoms with Gasteiger partial charge in [0.2, 0.25) is 0 Å². The van der Waals surface area contributed by atoms with Crippen LogP contribution >= 0.6 is 43.2 Å². The molecule has 0 bridgehead atoms. The van der Waals surface area contributed by atoms with Crippen LogP contribution in [0.1, 0.15) is 24.8 Å². The maximum Gasteiger partial charge on any atom is 0.158 e. The standard InChI is InChI=1S/C14H14Br2N4S/c1-8(2)20-14-9(5-19-20)3-10(6-18-14)17-7-11-4-12(15)13(16)21-11/h3-6,8,17H,7H2,1-2H3. The number of aromatic nitrogens is 3. The normalized spacial score (nSPS) is 11.5. The zero-order chi connectivity index (χ0) is 15.0. The molecule has 0 fully saturated rings. The summed E-state index contributed by atoms with van der Waals surface area (Å²) < 4.78 is 4.15. The maximum absolute atomic E-state index is 4.52. The predicted octanol–water partition coefficient (Wildman–Crippen LogP) is 5.21. The van der Waals surface area contributed by atoms with Crippen LogP contribution in [0.2, 0.25) is 0 Å². The molecular formula is C14H14Br2N4S. The minimum atomic E-state index is 0.314. The van der Waals surface area contributed by atoms with Gasteiger partial charge in [0.1, 0.15) is 0 Å². The number of halogens is 2. The van der Waals surface area contributed by atoms with Crippen molar-refractivity contribution in [1.29, 1.82) is 0 Å². The van der Waals surface area contributed by atoms with E-state index in [1.807, 2.05) is 17.1 Å². The van der Waals surface area contributed by atoms with Gasteiger partial charge in [0, 0.05) is 27.3 Å². The van der Waals surface area contributed by atoms with Crippen LogP contribution in [-0.2, 0) is 6.54 Å². The van der Waals surface area contributed by atoms with Gasteiger partial charge in [-0.15, -0.1) is 11.3 Å². The lowest BCUT2D eigenvalue weighted by atomic mass is 10.3. The fourth-order valence-corrected chi connectivity index (χ4v) is 4.20. The van der Waals surface area contributed by atoms with E-state index in [1.165, 1.54) is 4.88 Å². The molecule has 0 saturated heterocycles. The average Bonchev–Trinajstić information content (AvgIpc) is 3.00. The van der Waals surface area contributed by atoms with Crippen molar-refractivity contribution in [3.63, 3.8) is 0 Å². The number of hydrogen-bond donors (Lipinski definition) is 1. The Morgan fingerprint density at radius 1 is 1.29 bits per heavy atom. The highest BCUT2D eigenvalue weighted by atomic mass is 79.9. The molecule has 3 heterocycles. The van der Waals surface area contributed by atoms with E-state index in [9.17, 15) is 0 Å². The second-order valence-electron chi connectivity index (χ2n) is 5.01. The van der Waals surface area contributed by atoms with E-state index in [4.69, 9.17) is 0 Å². The van der Waals surface area contributed by atoms with Crippen LogP contribution in [0.5, 0.6) is 0 Å². The number of rotatable bonds is 4. The Bertz CT molecular complexity index is 759. The van der Waals surface area contributed by atoms with Gasteiger partial charge in [-0.05, 0) is 57.8 Å². The van der Waals surface area contributed by atoms with Gasteiger partial charge in [-0.25, -0.2) is 9.67 Å². The highest BCUT2D eigenvalue weighted by Crippen LogP contribution is 2.32. The number of thiophene rings is 1. The molecule has 0 unspecified atom stereocenters. The Balaban J connectivity index is 1.78. The second kappa shape index (κ2) is 6.06. The fourth-order valence-electron chi connectivity index (χ4n) is 2.08. The number of anilines is 1. The first-order valence-corrected chi connectivity index (χ1v) is 8.95. The van der Waals surface area contributed by atoms with Crippen LogP contribution < -0.4 is 5.32 Å². The molecule has 1 N–H and O–H groups in total. The van der Waals surface area contributed by atoms with Crippen LogP contribution in [-0.4, -0.2) is 14.8 Å². The molecule has 0 saturated carbocycles. The van der Waals surface area contributed by atoms with Gasteiger partial charge in [-0.1, -0.05) is 0 Å². The van der Waals surface area contributed by atoms with Crippen LogP contribution in [0.4, 0.5) is 5.69 Å². The minimum Gasteiger partial charge on any atom is -0.379 e. The van der Waals surface area contributed by atoms with Crippen LogP contribution in [0.15, 0.2) is 32.8 Å². The number of fused-ring (bicyclic) bond motifs is 1. The van der Waals surface area contributed by atoms with Crippen LogP contribution in [0.3, 0.4) is 0 Å². The van der Waals surface area contributed by atoms with E-state index < -0.39 is 0 Å². The van der Waals surface area contributed by atoms with Gasteiger partial charge in [-0.2, -0.15) is 5.10 Å². The molecule has 0 aliphatic heterocycles. The molecule has 0 spiro atoms. The first-order valence-electron chi connectivity index (χ1n) is 6.55. The van der Waals surface area contributed by atoms with Crippen LogP contribution in [0.25, 0.3) is 11.0 Å².